The lowest BCUT2D eigenvalue weighted by atomic mass is 10.1. The van der Waals surface area contributed by atoms with E-state index in [4.69, 9.17) is 17.3 Å². The average Bonchev–Trinajstić information content (AvgIpc) is 2.18. The van der Waals surface area contributed by atoms with Crippen molar-refractivity contribution in [1.29, 1.82) is 0 Å². The van der Waals surface area contributed by atoms with Gasteiger partial charge in [-0.15, -0.1) is 0 Å². The van der Waals surface area contributed by atoms with Crippen LogP contribution in [0.15, 0.2) is 42.5 Å². The molecule has 1 heterocycles. The van der Waals surface area contributed by atoms with E-state index in [2.05, 4.69) is 4.98 Å². The standard InChI is InChI=1S/C11H9ClN2/c12-9-5-2-1-4-8(9)10-6-3-7-11(13)14-10/h1-7H,(H2,13,14). The third-order valence-electron chi connectivity index (χ3n) is 1.92. The minimum absolute atomic E-state index is 0.502. The fraction of sp³-hybridized carbons (Fsp3) is 0. The minimum atomic E-state index is 0.502. The molecule has 1 aromatic heterocycles. The summed E-state index contributed by atoms with van der Waals surface area (Å²) in [6.45, 7) is 0. The maximum absolute atomic E-state index is 6.03. The Hall–Kier alpha value is -1.54. The highest BCUT2D eigenvalue weighted by atomic mass is 35.5. The summed E-state index contributed by atoms with van der Waals surface area (Å²) >= 11 is 6.03. The molecule has 0 bridgehead atoms. The van der Waals surface area contributed by atoms with Crippen LogP contribution in [0.2, 0.25) is 5.02 Å². The minimum Gasteiger partial charge on any atom is -0.384 e. The molecule has 0 saturated heterocycles. The van der Waals surface area contributed by atoms with Gasteiger partial charge in [0.25, 0.3) is 0 Å². The number of hydrogen-bond acceptors (Lipinski definition) is 2. The highest BCUT2D eigenvalue weighted by Gasteiger charge is 2.02. The van der Waals surface area contributed by atoms with Crippen molar-refractivity contribution in [1.82, 2.24) is 4.98 Å². The molecule has 0 aliphatic carbocycles. The number of pyridine rings is 1. The van der Waals surface area contributed by atoms with Gasteiger partial charge in [0.15, 0.2) is 0 Å². The Morgan fingerprint density at radius 2 is 1.79 bits per heavy atom. The highest BCUT2D eigenvalue weighted by Crippen LogP contribution is 2.25. The van der Waals surface area contributed by atoms with Crippen molar-refractivity contribution in [2.45, 2.75) is 0 Å². The van der Waals surface area contributed by atoms with Crippen molar-refractivity contribution >= 4 is 17.4 Å². The molecule has 70 valence electrons. The van der Waals surface area contributed by atoms with Crippen molar-refractivity contribution in [3.63, 3.8) is 0 Å². The van der Waals surface area contributed by atoms with Crippen LogP contribution >= 0.6 is 11.6 Å². The first-order chi connectivity index (χ1) is 6.77. The van der Waals surface area contributed by atoms with E-state index in [-0.39, 0.29) is 0 Å². The summed E-state index contributed by atoms with van der Waals surface area (Å²) in [5.74, 6) is 0.502. The third-order valence-corrected chi connectivity index (χ3v) is 2.25. The molecule has 0 atom stereocenters. The Labute approximate surface area is 87.4 Å². The molecular weight excluding hydrogens is 196 g/mol. The number of nitrogens with zero attached hydrogens (tertiary/aromatic N) is 1. The second-order valence-electron chi connectivity index (χ2n) is 2.93. The Balaban J connectivity index is 2.55. The maximum atomic E-state index is 6.03. The molecule has 2 nitrogen and oxygen atoms in total. The van der Waals surface area contributed by atoms with Crippen LogP contribution in [0.1, 0.15) is 0 Å². The van der Waals surface area contributed by atoms with E-state index in [1.54, 1.807) is 6.07 Å². The summed E-state index contributed by atoms with van der Waals surface area (Å²) in [4.78, 5) is 4.20. The highest BCUT2D eigenvalue weighted by molar-refractivity contribution is 6.33. The van der Waals surface area contributed by atoms with Crippen molar-refractivity contribution < 1.29 is 0 Å². The van der Waals surface area contributed by atoms with E-state index >= 15 is 0 Å². The van der Waals surface area contributed by atoms with Crippen LogP contribution in [-0.2, 0) is 0 Å². The predicted octanol–water partition coefficient (Wildman–Crippen LogP) is 2.98. The fourth-order valence-electron chi connectivity index (χ4n) is 1.27. The number of rotatable bonds is 1. The molecule has 0 spiro atoms. The van der Waals surface area contributed by atoms with Crippen LogP contribution in [0.5, 0.6) is 0 Å². The van der Waals surface area contributed by atoms with Crippen LogP contribution in [-0.4, -0.2) is 4.98 Å². The Kier molecular flexibility index (Phi) is 2.37. The van der Waals surface area contributed by atoms with E-state index < -0.39 is 0 Å². The first kappa shape index (κ1) is 9.03. The predicted molar refractivity (Wildman–Crippen MR) is 59.1 cm³/mol. The zero-order valence-electron chi connectivity index (χ0n) is 7.44. The third kappa shape index (κ3) is 1.70. The maximum Gasteiger partial charge on any atom is 0.124 e. The molecule has 2 aromatic rings. The number of benzene rings is 1. The van der Waals surface area contributed by atoms with Crippen molar-refractivity contribution in [3.05, 3.63) is 47.5 Å². The molecule has 0 fully saturated rings. The van der Waals surface area contributed by atoms with Gasteiger partial charge < -0.3 is 5.73 Å². The molecule has 0 unspecified atom stereocenters. The number of nitrogens with two attached hydrogens (primary N) is 1. The van der Waals surface area contributed by atoms with E-state index in [1.165, 1.54) is 0 Å². The molecule has 3 heteroatoms. The number of aromatic nitrogens is 1. The lowest BCUT2D eigenvalue weighted by molar-refractivity contribution is 1.33. The van der Waals surface area contributed by atoms with Crippen molar-refractivity contribution in [3.8, 4) is 11.3 Å². The lowest BCUT2D eigenvalue weighted by Crippen LogP contribution is -1.91. The molecule has 1 aromatic carbocycles. The van der Waals surface area contributed by atoms with Crippen LogP contribution in [0.4, 0.5) is 5.82 Å². The van der Waals surface area contributed by atoms with Crippen LogP contribution in [0, 0.1) is 0 Å². The largest absolute Gasteiger partial charge is 0.384 e. The number of halogens is 1. The van der Waals surface area contributed by atoms with Crippen LogP contribution < -0.4 is 5.73 Å². The van der Waals surface area contributed by atoms with E-state index in [0.717, 1.165) is 11.3 Å². The smallest absolute Gasteiger partial charge is 0.124 e. The molecule has 2 rings (SSSR count). The van der Waals surface area contributed by atoms with Crippen molar-refractivity contribution in [2.24, 2.45) is 0 Å². The topological polar surface area (TPSA) is 38.9 Å². The fourth-order valence-corrected chi connectivity index (χ4v) is 1.50. The SMILES string of the molecule is Nc1cccc(-c2ccccc2Cl)n1. The quantitative estimate of drug-likeness (QED) is 0.776. The van der Waals surface area contributed by atoms with Gasteiger partial charge in [-0.3, -0.25) is 0 Å². The molecule has 0 amide bonds. The van der Waals surface area contributed by atoms with Gasteiger partial charge in [-0.2, -0.15) is 0 Å². The van der Waals surface area contributed by atoms with Crippen molar-refractivity contribution in [2.75, 3.05) is 5.73 Å². The van der Waals surface area contributed by atoms with E-state index in [1.807, 2.05) is 36.4 Å². The number of nitrogen functional groups attached to an aromatic ring is 1. The van der Waals surface area contributed by atoms with E-state index in [0.29, 0.717) is 10.8 Å². The Morgan fingerprint density at radius 1 is 1.00 bits per heavy atom. The van der Waals surface area contributed by atoms with Gasteiger partial charge in [0.1, 0.15) is 5.82 Å². The van der Waals surface area contributed by atoms with Gasteiger partial charge in [-0.05, 0) is 18.2 Å². The monoisotopic (exact) mass is 204 g/mol. The summed E-state index contributed by atoms with van der Waals surface area (Å²) in [6, 6.07) is 13.1. The Morgan fingerprint density at radius 3 is 2.50 bits per heavy atom. The van der Waals surface area contributed by atoms with Gasteiger partial charge in [0.2, 0.25) is 0 Å². The second-order valence-corrected chi connectivity index (χ2v) is 3.33. The average molecular weight is 205 g/mol. The summed E-state index contributed by atoms with van der Waals surface area (Å²) in [5.41, 5.74) is 7.30. The second kappa shape index (κ2) is 3.68. The number of anilines is 1. The molecule has 0 aliphatic heterocycles. The van der Waals surface area contributed by atoms with Crippen LogP contribution in [0.3, 0.4) is 0 Å². The zero-order chi connectivity index (χ0) is 9.97. The molecular formula is C11H9ClN2. The summed E-state index contributed by atoms with van der Waals surface area (Å²) in [6.07, 6.45) is 0. The first-order valence-corrected chi connectivity index (χ1v) is 4.62. The van der Waals surface area contributed by atoms with E-state index in [9.17, 15) is 0 Å². The number of hydrogen-bond donors (Lipinski definition) is 1. The molecule has 14 heavy (non-hydrogen) atoms. The summed E-state index contributed by atoms with van der Waals surface area (Å²) in [7, 11) is 0. The van der Waals surface area contributed by atoms with Gasteiger partial charge >= 0.3 is 0 Å². The van der Waals surface area contributed by atoms with Gasteiger partial charge in [-0.1, -0.05) is 35.9 Å². The molecule has 2 N–H and O–H groups in total. The summed E-state index contributed by atoms with van der Waals surface area (Å²) in [5, 5.41) is 0.686. The van der Waals surface area contributed by atoms with Gasteiger partial charge in [-0.25, -0.2) is 4.98 Å². The zero-order valence-corrected chi connectivity index (χ0v) is 8.20. The summed E-state index contributed by atoms with van der Waals surface area (Å²) < 4.78 is 0. The van der Waals surface area contributed by atoms with Gasteiger partial charge in [0, 0.05) is 10.6 Å². The first-order valence-electron chi connectivity index (χ1n) is 4.25. The van der Waals surface area contributed by atoms with Gasteiger partial charge in [0.05, 0.1) is 5.69 Å². The molecule has 0 radical (unpaired) electrons. The Bertz CT molecular complexity index is 455. The lowest BCUT2D eigenvalue weighted by Gasteiger charge is -2.03. The molecule has 0 saturated carbocycles. The molecule has 0 aliphatic rings. The normalized spacial score (nSPS) is 10.1. The van der Waals surface area contributed by atoms with Crippen LogP contribution in [0.25, 0.3) is 11.3 Å².